The van der Waals surface area contributed by atoms with Gasteiger partial charge >= 0.3 is 0 Å². The summed E-state index contributed by atoms with van der Waals surface area (Å²) in [4.78, 5) is 14.1. The monoisotopic (exact) mass is 363 g/mol. The van der Waals surface area contributed by atoms with Crippen LogP contribution in [0.2, 0.25) is 0 Å². The second-order valence-corrected chi connectivity index (χ2v) is 7.00. The molecule has 140 valence electrons. The van der Waals surface area contributed by atoms with E-state index in [0.29, 0.717) is 0 Å². The lowest BCUT2D eigenvalue weighted by molar-refractivity contribution is -0.124. The average molecular weight is 363 g/mol. The molecule has 1 amide bonds. The van der Waals surface area contributed by atoms with Crippen LogP contribution in [0.15, 0.2) is 30.5 Å². The van der Waals surface area contributed by atoms with Gasteiger partial charge in [0.2, 0.25) is 5.91 Å². The summed E-state index contributed by atoms with van der Waals surface area (Å²) < 4.78 is 33.2. The molecule has 1 N–H and O–H groups in total. The summed E-state index contributed by atoms with van der Waals surface area (Å²) >= 11 is 0. The van der Waals surface area contributed by atoms with Gasteiger partial charge in [0.25, 0.3) is 6.43 Å². The molecule has 1 aromatic carbocycles. The molecule has 0 radical (unpaired) electrons. The molecule has 0 saturated carbocycles. The number of hydrogen-bond acceptors (Lipinski definition) is 3. The SMILES string of the molecule is O=C1NCCC1N1CCC(Oc2cccc3c2ccn3CC(F)F)CC1. The van der Waals surface area contributed by atoms with Crippen molar-refractivity contribution >= 4 is 16.8 Å². The third kappa shape index (κ3) is 3.40. The molecule has 1 aromatic heterocycles. The topological polar surface area (TPSA) is 46.5 Å². The molecule has 5 nitrogen and oxygen atoms in total. The van der Waals surface area contributed by atoms with Crippen LogP contribution in [0.4, 0.5) is 8.78 Å². The quantitative estimate of drug-likeness (QED) is 0.888. The van der Waals surface area contributed by atoms with Crippen molar-refractivity contribution in [1.29, 1.82) is 0 Å². The number of fused-ring (bicyclic) bond motifs is 1. The first-order valence-electron chi connectivity index (χ1n) is 9.16. The lowest BCUT2D eigenvalue weighted by atomic mass is 10.0. The van der Waals surface area contributed by atoms with E-state index in [1.807, 2.05) is 24.3 Å². The average Bonchev–Trinajstić information content (AvgIpc) is 3.23. The van der Waals surface area contributed by atoms with Gasteiger partial charge in [-0.25, -0.2) is 8.78 Å². The fourth-order valence-corrected chi connectivity index (χ4v) is 4.02. The van der Waals surface area contributed by atoms with E-state index in [9.17, 15) is 13.6 Å². The van der Waals surface area contributed by atoms with Gasteiger partial charge in [-0.05, 0) is 37.5 Å². The lowest BCUT2D eigenvalue weighted by Gasteiger charge is -2.34. The molecule has 1 atom stereocenters. The minimum absolute atomic E-state index is 0.00256. The number of aromatic nitrogens is 1. The van der Waals surface area contributed by atoms with Crippen molar-refractivity contribution in [3.8, 4) is 5.75 Å². The van der Waals surface area contributed by atoms with Crippen LogP contribution < -0.4 is 10.1 Å². The Bertz CT molecular complexity index is 784. The molecular weight excluding hydrogens is 340 g/mol. The lowest BCUT2D eigenvalue weighted by Crippen LogP contribution is -2.47. The van der Waals surface area contributed by atoms with Gasteiger partial charge in [0.1, 0.15) is 11.9 Å². The summed E-state index contributed by atoms with van der Waals surface area (Å²) in [5.74, 6) is 0.877. The number of ether oxygens (including phenoxy) is 1. The molecule has 1 unspecified atom stereocenters. The van der Waals surface area contributed by atoms with Gasteiger partial charge < -0.3 is 14.6 Å². The fraction of sp³-hybridized carbons (Fsp3) is 0.526. The van der Waals surface area contributed by atoms with Crippen LogP contribution in [-0.2, 0) is 11.3 Å². The van der Waals surface area contributed by atoms with Crippen molar-refractivity contribution in [2.24, 2.45) is 0 Å². The van der Waals surface area contributed by atoms with E-state index >= 15 is 0 Å². The van der Waals surface area contributed by atoms with Gasteiger partial charge in [-0.15, -0.1) is 0 Å². The van der Waals surface area contributed by atoms with E-state index in [1.54, 1.807) is 10.8 Å². The maximum absolute atomic E-state index is 12.7. The highest BCUT2D eigenvalue weighted by molar-refractivity contribution is 5.86. The van der Waals surface area contributed by atoms with Gasteiger partial charge in [-0.3, -0.25) is 9.69 Å². The number of carbonyl (C=O) groups is 1. The van der Waals surface area contributed by atoms with Crippen molar-refractivity contribution in [1.82, 2.24) is 14.8 Å². The Kier molecular flexibility index (Phi) is 4.80. The van der Waals surface area contributed by atoms with E-state index in [0.717, 1.165) is 55.5 Å². The summed E-state index contributed by atoms with van der Waals surface area (Å²) in [5, 5.41) is 3.75. The highest BCUT2D eigenvalue weighted by Gasteiger charge is 2.33. The van der Waals surface area contributed by atoms with Crippen molar-refractivity contribution in [2.45, 2.75) is 44.4 Å². The van der Waals surface area contributed by atoms with Gasteiger partial charge in [-0.1, -0.05) is 6.07 Å². The van der Waals surface area contributed by atoms with E-state index in [2.05, 4.69) is 10.2 Å². The van der Waals surface area contributed by atoms with Gasteiger partial charge in [0.15, 0.2) is 0 Å². The Balaban J connectivity index is 1.42. The molecule has 3 heterocycles. The molecule has 0 bridgehead atoms. The van der Waals surface area contributed by atoms with Crippen molar-refractivity contribution < 1.29 is 18.3 Å². The Morgan fingerprint density at radius 2 is 2.00 bits per heavy atom. The molecule has 26 heavy (non-hydrogen) atoms. The largest absolute Gasteiger partial charge is 0.490 e. The van der Waals surface area contributed by atoms with Crippen LogP contribution in [0.5, 0.6) is 5.75 Å². The van der Waals surface area contributed by atoms with Crippen LogP contribution >= 0.6 is 0 Å². The summed E-state index contributed by atoms with van der Waals surface area (Å²) in [6.07, 6.45) is 1.98. The summed E-state index contributed by atoms with van der Waals surface area (Å²) in [7, 11) is 0. The first kappa shape index (κ1) is 17.3. The Morgan fingerprint density at radius 3 is 2.69 bits per heavy atom. The molecule has 2 aromatic rings. The number of carbonyl (C=O) groups excluding carboxylic acids is 1. The number of hydrogen-bond donors (Lipinski definition) is 1. The molecule has 4 rings (SSSR count). The third-order valence-corrected chi connectivity index (χ3v) is 5.34. The number of nitrogens with zero attached hydrogens (tertiary/aromatic N) is 2. The number of piperidine rings is 1. The molecule has 2 saturated heterocycles. The summed E-state index contributed by atoms with van der Waals surface area (Å²) in [6.45, 7) is 2.13. The van der Waals surface area contributed by atoms with E-state index in [4.69, 9.17) is 4.74 Å². The predicted molar refractivity (Wildman–Crippen MR) is 94.6 cm³/mol. The molecule has 2 aliphatic heterocycles. The highest BCUT2D eigenvalue weighted by atomic mass is 19.3. The number of rotatable bonds is 5. The van der Waals surface area contributed by atoms with Crippen molar-refractivity contribution in [3.63, 3.8) is 0 Å². The fourth-order valence-electron chi connectivity index (χ4n) is 4.02. The van der Waals surface area contributed by atoms with Crippen LogP contribution in [0, 0.1) is 0 Å². The molecular formula is C19H23F2N3O2. The summed E-state index contributed by atoms with van der Waals surface area (Å²) in [5.41, 5.74) is 0.767. The predicted octanol–water partition coefficient (Wildman–Crippen LogP) is 2.64. The highest BCUT2D eigenvalue weighted by Crippen LogP contribution is 2.30. The van der Waals surface area contributed by atoms with Crippen LogP contribution in [0.3, 0.4) is 0 Å². The van der Waals surface area contributed by atoms with E-state index in [1.165, 1.54) is 0 Å². The zero-order chi connectivity index (χ0) is 18.1. The zero-order valence-electron chi connectivity index (χ0n) is 14.5. The number of halogens is 2. The van der Waals surface area contributed by atoms with Crippen LogP contribution in [-0.4, -0.2) is 53.6 Å². The molecule has 2 fully saturated rings. The van der Waals surface area contributed by atoms with Crippen LogP contribution in [0.1, 0.15) is 19.3 Å². The second kappa shape index (κ2) is 7.23. The molecule has 0 aliphatic carbocycles. The first-order valence-corrected chi connectivity index (χ1v) is 9.16. The number of nitrogens with one attached hydrogen (secondary N) is 1. The van der Waals surface area contributed by atoms with Crippen LogP contribution in [0.25, 0.3) is 10.9 Å². The van der Waals surface area contributed by atoms with E-state index in [-0.39, 0.29) is 24.6 Å². The maximum Gasteiger partial charge on any atom is 0.256 e. The molecule has 0 spiro atoms. The second-order valence-electron chi connectivity index (χ2n) is 7.00. The minimum Gasteiger partial charge on any atom is -0.490 e. The standard InChI is InChI=1S/C19H23F2N3O2/c20-18(21)12-24-11-7-14-15(24)2-1-3-17(14)26-13-5-9-23(10-6-13)16-4-8-22-19(16)25/h1-3,7,11,13,16,18H,4-6,8-10,12H2,(H,22,25). The molecule has 2 aliphatic rings. The number of alkyl halides is 2. The number of benzene rings is 1. The van der Waals surface area contributed by atoms with Gasteiger partial charge in [-0.2, -0.15) is 0 Å². The van der Waals surface area contributed by atoms with Gasteiger partial charge in [0.05, 0.1) is 18.1 Å². The Labute approximate surface area is 150 Å². The Hall–Kier alpha value is -2.15. The van der Waals surface area contributed by atoms with Crippen molar-refractivity contribution in [3.05, 3.63) is 30.5 Å². The minimum atomic E-state index is -2.38. The number of amides is 1. The smallest absolute Gasteiger partial charge is 0.256 e. The normalized spacial score (nSPS) is 22.3. The number of likely N-dealkylation sites (tertiary alicyclic amines) is 1. The molecule has 7 heteroatoms. The summed E-state index contributed by atoms with van der Waals surface area (Å²) in [6, 6.07) is 7.42. The third-order valence-electron chi connectivity index (χ3n) is 5.34. The van der Waals surface area contributed by atoms with E-state index < -0.39 is 6.43 Å². The maximum atomic E-state index is 12.7. The van der Waals surface area contributed by atoms with Gasteiger partial charge in [0, 0.05) is 31.2 Å². The zero-order valence-corrected chi connectivity index (χ0v) is 14.5. The first-order chi connectivity index (χ1) is 12.6. The Morgan fingerprint density at radius 1 is 1.19 bits per heavy atom. The van der Waals surface area contributed by atoms with Crippen molar-refractivity contribution in [2.75, 3.05) is 19.6 Å².